The van der Waals surface area contributed by atoms with Crippen LogP contribution in [0.15, 0.2) is 36.4 Å². The van der Waals surface area contributed by atoms with Crippen molar-refractivity contribution >= 4 is 33.3 Å². The molecule has 2 aromatic rings. The summed E-state index contributed by atoms with van der Waals surface area (Å²) in [6.07, 6.45) is -3.65. The number of nitrogens with zero attached hydrogens (tertiary/aromatic N) is 1. The van der Waals surface area contributed by atoms with E-state index in [1.807, 2.05) is 0 Å². The molecule has 0 radical (unpaired) electrons. The van der Waals surface area contributed by atoms with E-state index in [1.54, 1.807) is 0 Å². The van der Waals surface area contributed by atoms with E-state index in [4.69, 9.17) is 21.4 Å². The molecule has 0 unspecified atom stereocenters. The van der Waals surface area contributed by atoms with Crippen LogP contribution in [-0.4, -0.2) is 39.4 Å². The number of alkyl halides is 3. The van der Waals surface area contributed by atoms with Crippen LogP contribution in [0.25, 0.3) is 11.1 Å². The smallest absolute Gasteiger partial charge is 0.416 e. The molecule has 2 aromatic carbocycles. The Balaban J connectivity index is 2.59. The van der Waals surface area contributed by atoms with Crippen LogP contribution in [0, 0.1) is 0 Å². The van der Waals surface area contributed by atoms with Gasteiger partial charge in [0.1, 0.15) is 5.75 Å². The Labute approximate surface area is 164 Å². The normalized spacial score (nSPS) is 11.9. The minimum absolute atomic E-state index is 0.0347. The summed E-state index contributed by atoms with van der Waals surface area (Å²) in [6.45, 7) is -0.759. The molecule has 0 bridgehead atoms. The first-order valence-electron chi connectivity index (χ1n) is 7.60. The van der Waals surface area contributed by atoms with Gasteiger partial charge in [-0.25, -0.2) is 13.2 Å². The van der Waals surface area contributed by atoms with E-state index in [-0.39, 0.29) is 27.6 Å². The summed E-state index contributed by atoms with van der Waals surface area (Å²) in [5.41, 5.74) is -0.719. The molecule has 0 aliphatic carbocycles. The predicted octanol–water partition coefficient (Wildman–Crippen LogP) is 3.89. The van der Waals surface area contributed by atoms with E-state index in [0.717, 1.165) is 28.8 Å². The van der Waals surface area contributed by atoms with E-state index < -0.39 is 34.3 Å². The molecule has 28 heavy (non-hydrogen) atoms. The standard InChI is InChI=1S/C17H15ClF3NO5S/c1-22(28(2,25)26)11-4-5-12(14(18)8-11)13-7-10(17(19,20)21)3-6-15(13)27-9-16(23)24/h3-8H,9H2,1-2H3,(H,23,24). The zero-order chi connectivity index (χ0) is 21.3. The highest BCUT2D eigenvalue weighted by Crippen LogP contribution is 2.40. The summed E-state index contributed by atoms with van der Waals surface area (Å²) in [6, 6.07) is 6.54. The molecule has 11 heteroatoms. The van der Waals surface area contributed by atoms with Gasteiger partial charge in [0.05, 0.1) is 22.5 Å². The van der Waals surface area contributed by atoms with E-state index in [2.05, 4.69) is 0 Å². The van der Waals surface area contributed by atoms with Crippen LogP contribution in [0.2, 0.25) is 5.02 Å². The number of aliphatic carboxylic acids is 1. The van der Waals surface area contributed by atoms with Crippen molar-refractivity contribution in [2.75, 3.05) is 24.2 Å². The monoisotopic (exact) mass is 437 g/mol. The Hall–Kier alpha value is -2.46. The summed E-state index contributed by atoms with van der Waals surface area (Å²) < 4.78 is 68.6. The second kappa shape index (κ2) is 7.88. The van der Waals surface area contributed by atoms with E-state index in [0.29, 0.717) is 0 Å². The van der Waals surface area contributed by atoms with Gasteiger partial charge < -0.3 is 9.84 Å². The molecule has 6 nitrogen and oxygen atoms in total. The summed E-state index contributed by atoms with van der Waals surface area (Å²) in [5.74, 6) is -1.41. The molecule has 0 saturated carbocycles. The minimum atomic E-state index is -4.64. The van der Waals surface area contributed by atoms with Gasteiger partial charge in [-0.2, -0.15) is 13.2 Å². The van der Waals surface area contributed by atoms with Crippen LogP contribution in [0.5, 0.6) is 5.75 Å². The molecular weight excluding hydrogens is 423 g/mol. The van der Waals surface area contributed by atoms with Crippen molar-refractivity contribution in [3.63, 3.8) is 0 Å². The largest absolute Gasteiger partial charge is 0.481 e. The fourth-order valence-corrected chi connectivity index (χ4v) is 3.07. The molecule has 0 aliphatic rings. The predicted molar refractivity (Wildman–Crippen MR) is 98.3 cm³/mol. The van der Waals surface area contributed by atoms with Gasteiger partial charge in [0, 0.05) is 18.2 Å². The van der Waals surface area contributed by atoms with Gasteiger partial charge in [-0.1, -0.05) is 17.7 Å². The molecule has 0 heterocycles. The Bertz CT molecular complexity index is 1010. The van der Waals surface area contributed by atoms with Gasteiger partial charge in [-0.15, -0.1) is 0 Å². The van der Waals surface area contributed by atoms with Gasteiger partial charge >= 0.3 is 12.1 Å². The van der Waals surface area contributed by atoms with Crippen LogP contribution in [-0.2, 0) is 21.0 Å². The van der Waals surface area contributed by atoms with Gasteiger partial charge in [0.2, 0.25) is 10.0 Å². The molecule has 0 saturated heterocycles. The molecule has 152 valence electrons. The zero-order valence-electron chi connectivity index (χ0n) is 14.6. The fraction of sp³-hybridized carbons (Fsp3) is 0.235. The lowest BCUT2D eigenvalue weighted by Gasteiger charge is -2.19. The van der Waals surface area contributed by atoms with Gasteiger partial charge in [-0.3, -0.25) is 4.31 Å². The Morgan fingerprint density at radius 3 is 2.32 bits per heavy atom. The van der Waals surface area contributed by atoms with Gasteiger partial charge in [0.25, 0.3) is 0 Å². The van der Waals surface area contributed by atoms with Crippen LogP contribution in [0.4, 0.5) is 18.9 Å². The molecule has 0 aromatic heterocycles. The Morgan fingerprint density at radius 2 is 1.82 bits per heavy atom. The molecule has 0 amide bonds. The highest BCUT2D eigenvalue weighted by Gasteiger charge is 2.31. The van der Waals surface area contributed by atoms with Gasteiger partial charge in [-0.05, 0) is 30.3 Å². The number of ether oxygens (including phenoxy) is 1. The molecule has 1 N–H and O–H groups in total. The number of hydrogen-bond acceptors (Lipinski definition) is 4. The summed E-state index contributed by atoms with van der Waals surface area (Å²) in [5, 5.41) is 8.72. The summed E-state index contributed by atoms with van der Waals surface area (Å²) >= 11 is 6.18. The third-order valence-electron chi connectivity index (χ3n) is 3.76. The van der Waals surface area contributed by atoms with Crippen molar-refractivity contribution in [2.24, 2.45) is 0 Å². The second-order valence-corrected chi connectivity index (χ2v) is 8.21. The van der Waals surface area contributed by atoms with Crippen LogP contribution < -0.4 is 9.04 Å². The van der Waals surface area contributed by atoms with E-state index >= 15 is 0 Å². The average Bonchev–Trinajstić information content (AvgIpc) is 2.57. The van der Waals surface area contributed by atoms with Crippen molar-refractivity contribution < 1.29 is 36.2 Å². The number of hydrogen-bond donors (Lipinski definition) is 1. The maximum atomic E-state index is 13.1. The number of carbonyl (C=O) groups is 1. The highest BCUT2D eigenvalue weighted by atomic mass is 35.5. The third kappa shape index (κ3) is 5.08. The van der Waals surface area contributed by atoms with Crippen molar-refractivity contribution in [1.82, 2.24) is 0 Å². The molecule has 0 atom stereocenters. The Morgan fingerprint density at radius 1 is 1.18 bits per heavy atom. The number of carboxylic acids is 1. The maximum Gasteiger partial charge on any atom is 0.416 e. The van der Waals surface area contributed by atoms with Crippen molar-refractivity contribution in [3.05, 3.63) is 47.0 Å². The summed E-state index contributed by atoms with van der Waals surface area (Å²) in [7, 11) is -2.27. The first-order valence-corrected chi connectivity index (χ1v) is 9.83. The number of rotatable bonds is 6. The first kappa shape index (κ1) is 21.8. The topological polar surface area (TPSA) is 83.9 Å². The number of halogens is 4. The highest BCUT2D eigenvalue weighted by molar-refractivity contribution is 7.92. The van der Waals surface area contributed by atoms with Crippen molar-refractivity contribution in [2.45, 2.75) is 6.18 Å². The molecular formula is C17H15ClF3NO5S. The zero-order valence-corrected chi connectivity index (χ0v) is 16.2. The number of benzene rings is 2. The quantitative estimate of drug-likeness (QED) is 0.741. The average molecular weight is 438 g/mol. The molecule has 0 spiro atoms. The van der Waals surface area contributed by atoms with Gasteiger partial charge in [0.15, 0.2) is 6.61 Å². The molecule has 0 fully saturated rings. The van der Waals surface area contributed by atoms with Crippen LogP contribution in [0.1, 0.15) is 5.56 Å². The molecule has 0 aliphatic heterocycles. The number of anilines is 1. The lowest BCUT2D eigenvalue weighted by Crippen LogP contribution is -2.24. The van der Waals surface area contributed by atoms with E-state index in [9.17, 15) is 26.4 Å². The maximum absolute atomic E-state index is 13.1. The fourth-order valence-electron chi connectivity index (χ4n) is 2.29. The minimum Gasteiger partial charge on any atom is -0.481 e. The second-order valence-electron chi connectivity index (χ2n) is 5.79. The molecule has 2 rings (SSSR count). The lowest BCUT2D eigenvalue weighted by atomic mass is 10.0. The Kier molecular flexibility index (Phi) is 6.15. The number of carboxylic acid groups (broad SMARTS) is 1. The third-order valence-corrected chi connectivity index (χ3v) is 5.28. The SMILES string of the molecule is CN(c1ccc(-c2cc(C(F)(F)F)ccc2OCC(=O)O)c(Cl)c1)S(C)(=O)=O. The lowest BCUT2D eigenvalue weighted by molar-refractivity contribution is -0.140. The number of sulfonamides is 1. The van der Waals surface area contributed by atoms with Crippen molar-refractivity contribution in [3.8, 4) is 16.9 Å². The van der Waals surface area contributed by atoms with Crippen molar-refractivity contribution in [1.29, 1.82) is 0 Å². The van der Waals surface area contributed by atoms with Crippen LogP contribution in [0.3, 0.4) is 0 Å². The summed E-state index contributed by atoms with van der Waals surface area (Å²) in [4.78, 5) is 10.7. The first-order chi connectivity index (χ1) is 12.8. The van der Waals surface area contributed by atoms with E-state index in [1.165, 1.54) is 25.2 Å². The van der Waals surface area contributed by atoms with Crippen LogP contribution >= 0.6 is 11.6 Å².